The summed E-state index contributed by atoms with van der Waals surface area (Å²) >= 11 is 3.26. The molecule has 0 atom stereocenters. The summed E-state index contributed by atoms with van der Waals surface area (Å²) in [5.74, 6) is -0.0224. The van der Waals surface area contributed by atoms with E-state index in [1.807, 2.05) is 0 Å². The summed E-state index contributed by atoms with van der Waals surface area (Å²) in [5, 5.41) is 2.63. The van der Waals surface area contributed by atoms with Gasteiger partial charge in [0, 0.05) is 22.3 Å². The molecule has 6 nitrogen and oxygen atoms in total. The van der Waals surface area contributed by atoms with E-state index in [0.29, 0.717) is 5.82 Å². The lowest BCUT2D eigenvalue weighted by Gasteiger charge is -2.08. The highest BCUT2D eigenvalue weighted by atomic mass is 79.9. The monoisotopic (exact) mass is 395 g/mol. The first-order valence-corrected chi connectivity index (χ1v) is 9.27. The largest absolute Gasteiger partial charge is 0.307 e. The van der Waals surface area contributed by atoms with Crippen LogP contribution in [0.3, 0.4) is 0 Å². The number of carbonyl (C=O) groups is 1. The van der Waals surface area contributed by atoms with Gasteiger partial charge in [0.25, 0.3) is 5.91 Å². The van der Waals surface area contributed by atoms with Gasteiger partial charge in [0.05, 0.1) is 4.90 Å². The second-order valence-corrected chi connectivity index (χ2v) is 7.87. The van der Waals surface area contributed by atoms with E-state index < -0.39 is 15.9 Å². The van der Waals surface area contributed by atoms with Crippen molar-refractivity contribution in [3.63, 3.8) is 0 Å². The van der Waals surface area contributed by atoms with Gasteiger partial charge < -0.3 is 5.32 Å². The van der Waals surface area contributed by atoms with Crippen molar-refractivity contribution in [2.45, 2.75) is 23.8 Å². The SMILES string of the molecule is O=C(Nc1ccc(Br)cn1)c1cccc(S(=O)(=O)NC2CC2)c1. The number of nitrogens with one attached hydrogen (secondary N) is 2. The van der Waals surface area contributed by atoms with E-state index in [1.165, 1.54) is 12.1 Å². The molecular formula is C15H14BrN3O3S. The molecule has 1 aromatic carbocycles. The Morgan fingerprint density at radius 2 is 2.00 bits per heavy atom. The van der Waals surface area contributed by atoms with Crippen LogP contribution in [0.15, 0.2) is 52.0 Å². The van der Waals surface area contributed by atoms with Gasteiger partial charge in [-0.15, -0.1) is 0 Å². The molecule has 120 valence electrons. The minimum Gasteiger partial charge on any atom is -0.307 e. The van der Waals surface area contributed by atoms with Crippen molar-refractivity contribution < 1.29 is 13.2 Å². The van der Waals surface area contributed by atoms with Crippen molar-refractivity contribution in [2.75, 3.05) is 5.32 Å². The van der Waals surface area contributed by atoms with Gasteiger partial charge in [-0.05, 0) is 59.1 Å². The van der Waals surface area contributed by atoms with E-state index in [4.69, 9.17) is 0 Å². The lowest BCUT2D eigenvalue weighted by Crippen LogP contribution is -2.26. The van der Waals surface area contributed by atoms with Crippen LogP contribution >= 0.6 is 15.9 Å². The van der Waals surface area contributed by atoms with Crippen molar-refractivity contribution in [3.8, 4) is 0 Å². The van der Waals surface area contributed by atoms with Gasteiger partial charge in [0.1, 0.15) is 5.82 Å². The zero-order valence-corrected chi connectivity index (χ0v) is 14.4. The number of rotatable bonds is 5. The number of pyridine rings is 1. The van der Waals surface area contributed by atoms with Crippen LogP contribution in [0.2, 0.25) is 0 Å². The fourth-order valence-corrected chi connectivity index (χ4v) is 3.52. The van der Waals surface area contributed by atoms with E-state index in [1.54, 1.807) is 30.5 Å². The number of halogens is 1. The van der Waals surface area contributed by atoms with E-state index in [2.05, 4.69) is 31.0 Å². The van der Waals surface area contributed by atoms with Crippen LogP contribution in [0.1, 0.15) is 23.2 Å². The summed E-state index contributed by atoms with van der Waals surface area (Å²) in [7, 11) is -3.58. The molecule has 0 aliphatic heterocycles. The highest BCUT2D eigenvalue weighted by Crippen LogP contribution is 2.22. The first-order valence-electron chi connectivity index (χ1n) is 6.99. The number of sulfonamides is 1. The van der Waals surface area contributed by atoms with Gasteiger partial charge >= 0.3 is 0 Å². The van der Waals surface area contributed by atoms with E-state index >= 15 is 0 Å². The molecule has 23 heavy (non-hydrogen) atoms. The predicted molar refractivity (Wildman–Crippen MR) is 89.7 cm³/mol. The average molecular weight is 396 g/mol. The van der Waals surface area contributed by atoms with Gasteiger partial charge in [-0.3, -0.25) is 4.79 Å². The summed E-state index contributed by atoms with van der Waals surface area (Å²) < 4.78 is 27.8. The second-order valence-electron chi connectivity index (χ2n) is 5.24. The minimum atomic E-state index is -3.58. The lowest BCUT2D eigenvalue weighted by molar-refractivity contribution is 0.102. The first-order chi connectivity index (χ1) is 10.9. The molecule has 0 unspecified atom stereocenters. The summed E-state index contributed by atoms with van der Waals surface area (Å²) in [5.41, 5.74) is 0.258. The van der Waals surface area contributed by atoms with Crippen LogP contribution in [0.25, 0.3) is 0 Å². The van der Waals surface area contributed by atoms with Gasteiger partial charge in [-0.1, -0.05) is 6.07 Å². The average Bonchev–Trinajstić information content (AvgIpc) is 3.33. The highest BCUT2D eigenvalue weighted by molar-refractivity contribution is 9.10. The molecule has 2 aromatic rings. The van der Waals surface area contributed by atoms with Crippen LogP contribution in [0.4, 0.5) is 5.82 Å². The molecule has 1 aliphatic rings. The number of hydrogen-bond acceptors (Lipinski definition) is 4. The van der Waals surface area contributed by atoms with E-state index in [9.17, 15) is 13.2 Å². The summed E-state index contributed by atoms with van der Waals surface area (Å²) in [6.07, 6.45) is 3.28. The standard InChI is InChI=1S/C15H14BrN3O3S/c16-11-4-7-14(17-9-11)18-15(20)10-2-1-3-13(8-10)23(21,22)19-12-5-6-12/h1-4,7-9,12,19H,5-6H2,(H,17,18,20). The van der Waals surface area contributed by atoms with Gasteiger partial charge in [0.15, 0.2) is 0 Å². The third-order valence-electron chi connectivity index (χ3n) is 3.27. The Morgan fingerprint density at radius 3 is 2.65 bits per heavy atom. The number of anilines is 1. The number of nitrogens with zero attached hydrogens (tertiary/aromatic N) is 1. The Hall–Kier alpha value is -1.77. The third-order valence-corrected chi connectivity index (χ3v) is 5.26. The molecule has 1 aromatic heterocycles. The molecule has 8 heteroatoms. The molecule has 0 radical (unpaired) electrons. The molecule has 3 rings (SSSR count). The van der Waals surface area contributed by atoms with Crippen molar-refractivity contribution in [1.29, 1.82) is 0 Å². The lowest BCUT2D eigenvalue weighted by atomic mass is 10.2. The smallest absolute Gasteiger partial charge is 0.256 e. The van der Waals surface area contributed by atoms with Gasteiger partial charge in [-0.2, -0.15) is 0 Å². The maximum Gasteiger partial charge on any atom is 0.256 e. The molecule has 1 heterocycles. The molecule has 1 aliphatic carbocycles. The zero-order valence-electron chi connectivity index (χ0n) is 12.0. The summed E-state index contributed by atoms with van der Waals surface area (Å²) in [6, 6.07) is 9.36. The number of hydrogen-bond donors (Lipinski definition) is 2. The third kappa shape index (κ3) is 4.15. The highest BCUT2D eigenvalue weighted by Gasteiger charge is 2.28. The topological polar surface area (TPSA) is 88.2 Å². The summed E-state index contributed by atoms with van der Waals surface area (Å²) in [6.45, 7) is 0. The molecule has 0 bridgehead atoms. The van der Waals surface area contributed by atoms with Crippen LogP contribution in [-0.2, 0) is 10.0 Å². The van der Waals surface area contributed by atoms with Crippen molar-refractivity contribution in [1.82, 2.24) is 9.71 Å². The van der Waals surface area contributed by atoms with Crippen LogP contribution in [-0.4, -0.2) is 25.4 Å². The Balaban J connectivity index is 1.78. The van der Waals surface area contributed by atoms with Crippen LogP contribution in [0.5, 0.6) is 0 Å². The zero-order chi connectivity index (χ0) is 16.4. The number of aromatic nitrogens is 1. The normalized spacial score (nSPS) is 14.5. The molecule has 0 spiro atoms. The molecular weight excluding hydrogens is 382 g/mol. The maximum absolute atomic E-state index is 12.2. The Kier molecular flexibility index (Phi) is 4.47. The predicted octanol–water partition coefficient (Wildman–Crippen LogP) is 2.54. The fourth-order valence-electron chi connectivity index (χ4n) is 1.93. The van der Waals surface area contributed by atoms with E-state index in [-0.39, 0.29) is 16.5 Å². The fraction of sp³-hybridized carbons (Fsp3) is 0.200. The Labute approximate surface area is 142 Å². The second kappa shape index (κ2) is 6.38. The van der Waals surface area contributed by atoms with Crippen molar-refractivity contribution in [2.24, 2.45) is 0 Å². The molecule has 0 saturated heterocycles. The quantitative estimate of drug-likeness (QED) is 0.813. The van der Waals surface area contributed by atoms with Crippen molar-refractivity contribution in [3.05, 3.63) is 52.6 Å². The Bertz CT molecular complexity index is 833. The van der Waals surface area contributed by atoms with Crippen molar-refractivity contribution >= 4 is 37.7 Å². The molecule has 1 amide bonds. The van der Waals surface area contributed by atoms with Crippen LogP contribution < -0.4 is 10.0 Å². The molecule has 2 N–H and O–H groups in total. The minimum absolute atomic E-state index is 0.0180. The van der Waals surface area contributed by atoms with Gasteiger partial charge in [0.2, 0.25) is 10.0 Å². The van der Waals surface area contributed by atoms with E-state index in [0.717, 1.165) is 17.3 Å². The Morgan fingerprint density at radius 1 is 1.22 bits per heavy atom. The molecule has 1 saturated carbocycles. The van der Waals surface area contributed by atoms with Crippen LogP contribution in [0, 0.1) is 0 Å². The number of amides is 1. The summed E-state index contributed by atoms with van der Waals surface area (Å²) in [4.78, 5) is 16.4. The maximum atomic E-state index is 12.2. The molecule has 1 fully saturated rings. The number of carbonyl (C=O) groups excluding carboxylic acids is 1. The first kappa shape index (κ1) is 16.1. The number of benzene rings is 1. The van der Waals surface area contributed by atoms with Gasteiger partial charge in [-0.25, -0.2) is 18.1 Å².